The van der Waals surface area contributed by atoms with Crippen molar-refractivity contribution in [3.05, 3.63) is 59.1 Å². The molecule has 4 nitrogen and oxygen atoms in total. The van der Waals surface area contributed by atoms with Crippen molar-refractivity contribution in [3.8, 4) is 11.8 Å². The van der Waals surface area contributed by atoms with Crippen LogP contribution in [-0.4, -0.2) is 18.1 Å². The zero-order valence-electron chi connectivity index (χ0n) is 14.3. The van der Waals surface area contributed by atoms with Gasteiger partial charge in [-0.05, 0) is 43.3 Å². The molecule has 1 atom stereocenters. The molecule has 0 saturated carbocycles. The molecule has 0 saturated heterocycles. The third kappa shape index (κ3) is 5.50. The number of hydrogen-bond donors (Lipinski definition) is 1. The van der Waals surface area contributed by atoms with E-state index in [-0.39, 0.29) is 35.1 Å². The number of amides is 1. The molecule has 0 bridgehead atoms. The van der Waals surface area contributed by atoms with Crippen molar-refractivity contribution in [2.75, 3.05) is 6.61 Å². The number of carbonyl (C=O) groups is 1. The van der Waals surface area contributed by atoms with E-state index in [4.69, 9.17) is 16.3 Å². The van der Waals surface area contributed by atoms with Gasteiger partial charge in [0.2, 0.25) is 0 Å². The summed E-state index contributed by atoms with van der Waals surface area (Å²) >= 11 is 5.93. The van der Waals surface area contributed by atoms with Gasteiger partial charge in [-0.15, -0.1) is 0 Å². The van der Waals surface area contributed by atoms with Crippen LogP contribution in [0.15, 0.2) is 53.4 Å². The normalized spacial score (nSPS) is 16.1. The summed E-state index contributed by atoms with van der Waals surface area (Å²) in [4.78, 5) is 10.1. The maximum atomic E-state index is 12.7. The van der Waals surface area contributed by atoms with Crippen molar-refractivity contribution < 1.29 is 29.0 Å². The minimum absolute atomic E-state index is 0.125. The van der Waals surface area contributed by atoms with Crippen LogP contribution in [0.3, 0.4) is 0 Å². The van der Waals surface area contributed by atoms with E-state index in [2.05, 4.69) is 5.32 Å². The standard InChI is InChI=1S/C17H14ClF5N2O2S/c1-17(10-24,11-27-15-5-3-2-4-14(15)18)25-16(26)12-6-8-13(9-7-12)28(19,20,21,22)23/h2-9H,11H2,1H3,(H,25,26). The third-order valence-corrected chi connectivity index (χ3v) is 5.03. The molecule has 0 spiro atoms. The molecule has 0 aliphatic rings. The first-order valence-corrected chi connectivity index (χ1v) is 9.92. The summed E-state index contributed by atoms with van der Waals surface area (Å²) in [6.07, 6.45) is 0. The lowest BCUT2D eigenvalue weighted by atomic mass is 10.1. The van der Waals surface area contributed by atoms with Crippen LogP contribution >= 0.6 is 21.8 Å². The van der Waals surface area contributed by atoms with Gasteiger partial charge in [-0.2, -0.15) is 5.26 Å². The third-order valence-electron chi connectivity index (χ3n) is 3.55. The van der Waals surface area contributed by atoms with E-state index in [1.165, 1.54) is 6.92 Å². The summed E-state index contributed by atoms with van der Waals surface area (Å²) < 4.78 is 69.1. The van der Waals surface area contributed by atoms with E-state index >= 15 is 0 Å². The number of hydrogen-bond acceptors (Lipinski definition) is 3. The van der Waals surface area contributed by atoms with Gasteiger partial charge < -0.3 is 10.1 Å². The van der Waals surface area contributed by atoms with Gasteiger partial charge in [0.15, 0.2) is 5.54 Å². The predicted octanol–water partition coefficient (Wildman–Crippen LogP) is 6.09. The molecular formula is C17H14ClF5N2O2S. The summed E-state index contributed by atoms with van der Waals surface area (Å²) in [5, 5.41) is 11.9. The molecule has 1 amide bonds. The lowest BCUT2D eigenvalue weighted by Gasteiger charge is -2.40. The van der Waals surface area contributed by atoms with Gasteiger partial charge in [0, 0.05) is 5.56 Å². The molecule has 152 valence electrons. The Morgan fingerprint density at radius 2 is 1.71 bits per heavy atom. The average Bonchev–Trinajstić information content (AvgIpc) is 2.59. The zero-order valence-corrected chi connectivity index (χ0v) is 15.8. The molecule has 0 aliphatic heterocycles. The fraction of sp³-hybridized carbons (Fsp3) is 0.176. The quantitative estimate of drug-likeness (QED) is 0.553. The topological polar surface area (TPSA) is 62.1 Å². The number of para-hydroxylation sites is 1. The van der Waals surface area contributed by atoms with Gasteiger partial charge in [-0.3, -0.25) is 4.79 Å². The average molecular weight is 441 g/mol. The molecule has 1 N–H and O–H groups in total. The Balaban J connectivity index is 2.13. The number of nitriles is 1. The van der Waals surface area contributed by atoms with Crippen molar-refractivity contribution in [2.45, 2.75) is 17.4 Å². The van der Waals surface area contributed by atoms with Crippen molar-refractivity contribution >= 4 is 27.7 Å². The van der Waals surface area contributed by atoms with E-state index in [9.17, 15) is 29.5 Å². The zero-order chi connectivity index (χ0) is 21.3. The molecule has 28 heavy (non-hydrogen) atoms. The molecule has 11 heteroatoms. The summed E-state index contributed by atoms with van der Waals surface area (Å²) in [6.45, 7) is 1.01. The Hall–Kier alpha value is -2.51. The maximum absolute atomic E-state index is 12.7. The molecule has 2 aromatic carbocycles. The largest absolute Gasteiger partial charge is 0.488 e. The number of rotatable bonds is 6. The van der Waals surface area contributed by atoms with Crippen LogP contribution < -0.4 is 10.1 Å². The molecule has 1 unspecified atom stereocenters. The van der Waals surface area contributed by atoms with E-state index in [0.717, 1.165) is 0 Å². The molecule has 0 radical (unpaired) electrons. The molecule has 0 aromatic heterocycles. The second-order valence-corrected chi connectivity index (χ2v) is 8.93. The Morgan fingerprint density at radius 3 is 2.21 bits per heavy atom. The van der Waals surface area contributed by atoms with E-state index in [1.807, 2.05) is 6.07 Å². The van der Waals surface area contributed by atoms with Gasteiger partial charge in [-0.1, -0.05) is 43.2 Å². The van der Waals surface area contributed by atoms with Crippen LogP contribution in [0.25, 0.3) is 0 Å². The molecular weight excluding hydrogens is 427 g/mol. The van der Waals surface area contributed by atoms with Gasteiger partial charge >= 0.3 is 10.2 Å². The van der Waals surface area contributed by atoms with Crippen LogP contribution in [-0.2, 0) is 0 Å². The second-order valence-electron chi connectivity index (χ2n) is 6.11. The summed E-state index contributed by atoms with van der Waals surface area (Å²) in [5.41, 5.74) is -1.89. The van der Waals surface area contributed by atoms with Crippen LogP contribution in [0, 0.1) is 11.3 Å². The first-order valence-electron chi connectivity index (χ1n) is 7.59. The number of nitrogens with zero attached hydrogens (tertiary/aromatic N) is 1. The van der Waals surface area contributed by atoms with Gasteiger partial charge in [0.05, 0.1) is 11.1 Å². The minimum atomic E-state index is -9.83. The number of ether oxygens (including phenoxy) is 1. The first-order chi connectivity index (χ1) is 12.6. The van der Waals surface area contributed by atoms with E-state index < -0.39 is 26.6 Å². The summed E-state index contributed by atoms with van der Waals surface area (Å²) in [6, 6.07) is 9.69. The highest BCUT2D eigenvalue weighted by Crippen LogP contribution is 3.02. The number of halogens is 6. The highest BCUT2D eigenvalue weighted by atomic mass is 35.5. The highest BCUT2D eigenvalue weighted by molar-refractivity contribution is 8.45. The smallest absolute Gasteiger partial charge is 0.310 e. The lowest BCUT2D eigenvalue weighted by molar-refractivity contribution is 0.0901. The molecule has 2 aromatic rings. The number of benzene rings is 2. The van der Waals surface area contributed by atoms with Gasteiger partial charge in [0.25, 0.3) is 5.91 Å². The monoisotopic (exact) mass is 440 g/mol. The fourth-order valence-electron chi connectivity index (χ4n) is 2.07. The van der Waals surface area contributed by atoms with Crippen molar-refractivity contribution in [2.24, 2.45) is 0 Å². The second kappa shape index (κ2) is 6.53. The van der Waals surface area contributed by atoms with E-state index in [1.54, 1.807) is 24.3 Å². The molecule has 0 aliphatic carbocycles. The summed E-state index contributed by atoms with van der Waals surface area (Å²) in [7, 11) is -9.83. The van der Waals surface area contributed by atoms with Crippen LogP contribution in [0.2, 0.25) is 5.02 Å². The Labute approximate surface area is 162 Å². The SMILES string of the molecule is CC(C#N)(COc1ccccc1Cl)NC(=O)c1ccc(S(F)(F)(F)(F)F)cc1. The van der Waals surface area contributed by atoms with Crippen LogP contribution in [0.5, 0.6) is 5.75 Å². The van der Waals surface area contributed by atoms with Crippen LogP contribution in [0.4, 0.5) is 19.4 Å². The highest BCUT2D eigenvalue weighted by Gasteiger charge is 2.65. The molecule has 2 rings (SSSR count). The molecule has 0 fully saturated rings. The Bertz CT molecular complexity index is 945. The number of carbonyl (C=O) groups excluding carboxylic acids is 1. The van der Waals surface area contributed by atoms with Crippen molar-refractivity contribution in [1.82, 2.24) is 5.32 Å². The lowest BCUT2D eigenvalue weighted by Crippen LogP contribution is -2.49. The van der Waals surface area contributed by atoms with E-state index in [0.29, 0.717) is 12.1 Å². The van der Waals surface area contributed by atoms with Gasteiger partial charge in [-0.25, -0.2) is 0 Å². The summed E-state index contributed by atoms with van der Waals surface area (Å²) in [5.74, 6) is -0.666. The predicted molar refractivity (Wildman–Crippen MR) is 96.3 cm³/mol. The molecule has 0 heterocycles. The minimum Gasteiger partial charge on any atom is -0.488 e. The fourth-order valence-corrected chi connectivity index (χ4v) is 2.91. The van der Waals surface area contributed by atoms with Crippen LogP contribution in [0.1, 0.15) is 17.3 Å². The first kappa shape index (κ1) is 21.8. The Morgan fingerprint density at radius 1 is 1.14 bits per heavy atom. The van der Waals surface area contributed by atoms with Crippen molar-refractivity contribution in [3.63, 3.8) is 0 Å². The maximum Gasteiger partial charge on any atom is 0.310 e. The Kier molecular flexibility index (Phi) is 5.08. The van der Waals surface area contributed by atoms with Gasteiger partial charge in [0.1, 0.15) is 17.3 Å². The van der Waals surface area contributed by atoms with Crippen molar-refractivity contribution in [1.29, 1.82) is 5.26 Å². The number of nitrogens with one attached hydrogen (secondary N) is 1.